The fourth-order valence-electron chi connectivity index (χ4n) is 6.26. The topological polar surface area (TPSA) is 248 Å². The highest BCUT2D eigenvalue weighted by Crippen LogP contribution is 2.33. The molecule has 0 saturated carbocycles. The minimum atomic E-state index is -3.18. The molecule has 2 unspecified atom stereocenters. The summed E-state index contributed by atoms with van der Waals surface area (Å²) < 4.78 is 38.4. The molecule has 3 heterocycles. The Kier molecular flexibility index (Phi) is 19.0. The monoisotopic (exact) mass is 825 g/mol. The van der Waals surface area contributed by atoms with Gasteiger partial charge in [0.15, 0.2) is 0 Å². The number of carboxylic acid groups (broad SMARTS) is 2. The summed E-state index contributed by atoms with van der Waals surface area (Å²) in [4.78, 5) is 86.4. The predicted molar refractivity (Wildman–Crippen MR) is 199 cm³/mol. The third kappa shape index (κ3) is 15.7. The van der Waals surface area contributed by atoms with E-state index >= 15 is 0 Å². The zero-order valence-corrected chi connectivity index (χ0v) is 32.6. The Morgan fingerprint density at radius 1 is 0.948 bits per heavy atom. The van der Waals surface area contributed by atoms with Crippen LogP contribution in [0.3, 0.4) is 0 Å². The van der Waals surface area contributed by atoms with Gasteiger partial charge in [0.1, 0.15) is 24.7 Å². The Hall–Kier alpha value is -5.08. The molecule has 5 amide bonds. The second-order valence-corrected chi connectivity index (χ2v) is 13.8. The molecular formula is C36H53F2N9O11. The minimum Gasteiger partial charge on any atom is -0.480 e. The number of aliphatic carboxylic acids is 1. The van der Waals surface area contributed by atoms with Gasteiger partial charge in [-0.05, 0) is 32.4 Å². The maximum absolute atomic E-state index is 13.8. The molecule has 0 aromatic carbocycles. The van der Waals surface area contributed by atoms with Gasteiger partial charge < -0.3 is 45.6 Å². The molecule has 2 fully saturated rings. The van der Waals surface area contributed by atoms with Gasteiger partial charge in [0.05, 0.1) is 45.2 Å². The van der Waals surface area contributed by atoms with Gasteiger partial charge in [0.2, 0.25) is 11.8 Å². The van der Waals surface area contributed by atoms with E-state index in [1.54, 1.807) is 16.7 Å². The van der Waals surface area contributed by atoms with Crippen LogP contribution in [-0.2, 0) is 35.2 Å². The number of hydrogen-bond acceptors (Lipinski definition) is 12. The van der Waals surface area contributed by atoms with Crippen LogP contribution in [0.25, 0.3) is 4.85 Å². The average Bonchev–Trinajstić information content (AvgIpc) is 3.55. The number of ether oxygens (including phenoxy) is 2. The van der Waals surface area contributed by atoms with Gasteiger partial charge in [-0.2, -0.15) is 0 Å². The van der Waals surface area contributed by atoms with Crippen molar-refractivity contribution < 1.29 is 62.3 Å². The lowest BCUT2D eigenvalue weighted by Crippen LogP contribution is -2.48. The highest BCUT2D eigenvalue weighted by Gasteiger charge is 2.51. The number of halogens is 2. The zero-order valence-electron chi connectivity index (χ0n) is 32.6. The van der Waals surface area contributed by atoms with Crippen molar-refractivity contribution in [2.75, 3.05) is 78.8 Å². The third-order valence-corrected chi connectivity index (χ3v) is 9.51. The molecular weight excluding hydrogens is 772 g/mol. The van der Waals surface area contributed by atoms with Crippen LogP contribution in [0, 0.1) is 6.57 Å². The molecule has 1 aromatic heterocycles. The van der Waals surface area contributed by atoms with E-state index < -0.39 is 67.2 Å². The number of pyridine rings is 1. The van der Waals surface area contributed by atoms with E-state index in [1.165, 1.54) is 30.2 Å². The number of nitrogens with one attached hydrogen (secondary N) is 3. The number of hydrogen-bond donors (Lipinski definition) is 6. The van der Waals surface area contributed by atoms with Gasteiger partial charge >= 0.3 is 18.2 Å². The van der Waals surface area contributed by atoms with Crippen molar-refractivity contribution in [1.29, 1.82) is 0 Å². The highest BCUT2D eigenvalue weighted by atomic mass is 19.3. The number of likely N-dealkylation sites (tertiary alicyclic amines) is 1. The molecule has 58 heavy (non-hydrogen) atoms. The fourth-order valence-corrected chi connectivity index (χ4v) is 6.26. The second-order valence-electron chi connectivity index (χ2n) is 13.8. The summed E-state index contributed by atoms with van der Waals surface area (Å²) in [5.41, 5.74) is 0.470. The van der Waals surface area contributed by atoms with E-state index in [4.69, 9.17) is 16.0 Å². The molecule has 4 atom stereocenters. The van der Waals surface area contributed by atoms with Crippen LogP contribution in [0.1, 0.15) is 55.6 Å². The Labute approximate surface area is 334 Å². The van der Waals surface area contributed by atoms with Crippen LogP contribution in [-0.4, -0.2) is 185 Å². The van der Waals surface area contributed by atoms with Gasteiger partial charge in [0, 0.05) is 70.4 Å². The Morgan fingerprint density at radius 2 is 1.59 bits per heavy atom. The van der Waals surface area contributed by atoms with Crippen LogP contribution >= 0.6 is 0 Å². The van der Waals surface area contributed by atoms with E-state index in [2.05, 4.69) is 25.8 Å². The molecule has 22 heteroatoms. The lowest BCUT2D eigenvalue weighted by atomic mass is 10.1. The van der Waals surface area contributed by atoms with Crippen molar-refractivity contribution in [2.24, 2.45) is 0 Å². The first kappa shape index (κ1) is 47.3. The smallest absolute Gasteiger partial charge is 0.407 e. The van der Waals surface area contributed by atoms with Gasteiger partial charge in [0.25, 0.3) is 17.7 Å². The highest BCUT2D eigenvalue weighted by molar-refractivity contribution is 5.97. The molecule has 2 saturated heterocycles. The van der Waals surface area contributed by atoms with Gasteiger partial charge in [-0.25, -0.2) is 20.1 Å². The second kappa shape index (κ2) is 23.4. The first-order valence-corrected chi connectivity index (χ1v) is 18.9. The summed E-state index contributed by atoms with van der Waals surface area (Å²) in [6.07, 6.45) is -2.78. The van der Waals surface area contributed by atoms with Crippen molar-refractivity contribution in [3.8, 4) is 0 Å². The molecule has 322 valence electrons. The summed E-state index contributed by atoms with van der Waals surface area (Å²) >= 11 is 0. The molecule has 20 nitrogen and oxygen atoms in total. The summed E-state index contributed by atoms with van der Waals surface area (Å²) in [6, 6.07) is 0.592. The summed E-state index contributed by atoms with van der Waals surface area (Å²) in [7, 11) is 0. The number of aromatic nitrogens is 1. The standard InChI is InChI=1S/C36H53F2N9O11/c1-24(33(52)47-23-36(37,38)21-29(47)39-3)43-32(51)26-6-8-40-27(20-26)22-42-31(50)7-16-57-18-19-58-17-9-41-30(49)5-4-28(34(53)54)45-12-10-44(25(2)48)11-14-46(15-13-45)35(55)56/h6,8,20,24-25,28-29,48H,4-5,7,9-19,21-23H2,1-2H3,(H,41,49)(H,42,50)(H,43,51)(H,53,54)(H,55,56)/t24-,25?,28?,29-/m0/s1. The summed E-state index contributed by atoms with van der Waals surface area (Å²) in [6.45, 7) is 11.1. The number of aliphatic hydroxyl groups excluding tert-OH is 1. The van der Waals surface area contributed by atoms with Crippen molar-refractivity contribution in [3.63, 3.8) is 0 Å². The number of carboxylic acids is 1. The molecule has 6 N–H and O–H groups in total. The van der Waals surface area contributed by atoms with E-state index in [9.17, 15) is 52.9 Å². The summed E-state index contributed by atoms with van der Waals surface area (Å²) in [5, 5.41) is 37.2. The Balaban J connectivity index is 1.27. The van der Waals surface area contributed by atoms with E-state index in [0.717, 1.165) is 4.90 Å². The first-order chi connectivity index (χ1) is 27.5. The van der Waals surface area contributed by atoms with Crippen molar-refractivity contribution in [3.05, 3.63) is 41.0 Å². The predicted octanol–water partition coefficient (Wildman–Crippen LogP) is -0.362. The van der Waals surface area contributed by atoms with Crippen molar-refractivity contribution in [1.82, 2.24) is 40.5 Å². The van der Waals surface area contributed by atoms with Gasteiger partial charge in [-0.1, -0.05) is 0 Å². The number of alkyl halides is 2. The SMILES string of the molecule is [C-]#[N+][C@@H]1CC(F)(F)CN1C(=O)[C@H](C)NC(=O)c1ccnc(CNC(=O)CCOCCOCCNC(=O)CCC(C(=O)O)N2CCN(C(=O)O)CCN(C(C)O)CC2)c1. The maximum atomic E-state index is 13.8. The maximum Gasteiger partial charge on any atom is 0.407 e. The summed E-state index contributed by atoms with van der Waals surface area (Å²) in [5.74, 6) is -6.51. The molecule has 1 aromatic rings. The van der Waals surface area contributed by atoms with E-state index in [1.807, 2.05) is 0 Å². The number of carbonyl (C=O) groups excluding carboxylic acids is 4. The Morgan fingerprint density at radius 3 is 2.24 bits per heavy atom. The van der Waals surface area contributed by atoms with Crippen LogP contribution < -0.4 is 16.0 Å². The molecule has 2 aliphatic heterocycles. The third-order valence-electron chi connectivity index (χ3n) is 9.51. The number of aliphatic hydroxyl groups is 1. The molecule has 3 rings (SSSR count). The van der Waals surface area contributed by atoms with E-state index in [0.29, 0.717) is 18.8 Å². The minimum absolute atomic E-state index is 0.00548. The quantitative estimate of drug-likeness (QED) is 0.0727. The zero-order chi connectivity index (χ0) is 42.8. The Bertz CT molecular complexity index is 1620. The number of nitrogens with zero attached hydrogens (tertiary/aromatic N) is 6. The largest absolute Gasteiger partial charge is 0.480 e. The van der Waals surface area contributed by atoms with E-state index in [-0.39, 0.29) is 102 Å². The fraction of sp³-hybridized carbons (Fsp3) is 0.667. The first-order valence-electron chi connectivity index (χ1n) is 18.9. The molecule has 0 spiro atoms. The lowest BCUT2D eigenvalue weighted by molar-refractivity contribution is -0.144. The molecule has 0 radical (unpaired) electrons. The van der Waals surface area contributed by atoms with Gasteiger partial charge in [-0.15, -0.1) is 0 Å². The van der Waals surface area contributed by atoms with Crippen molar-refractivity contribution in [2.45, 2.75) is 76.5 Å². The normalized spacial score (nSPS) is 19.1. The lowest BCUT2D eigenvalue weighted by Gasteiger charge is -2.31. The number of amides is 5. The average molecular weight is 826 g/mol. The number of rotatable bonds is 20. The molecule has 2 aliphatic rings. The van der Waals surface area contributed by atoms with Crippen molar-refractivity contribution >= 4 is 35.7 Å². The van der Waals surface area contributed by atoms with Gasteiger partial charge in [-0.3, -0.25) is 48.5 Å². The van der Waals surface area contributed by atoms with Crippen LogP contribution in [0.4, 0.5) is 13.6 Å². The number of carbonyl (C=O) groups is 6. The van der Waals surface area contributed by atoms with Crippen LogP contribution in [0.5, 0.6) is 0 Å². The molecule has 0 bridgehead atoms. The molecule has 0 aliphatic carbocycles. The van der Waals surface area contributed by atoms with Crippen LogP contribution in [0.15, 0.2) is 18.3 Å². The van der Waals surface area contributed by atoms with Crippen LogP contribution in [0.2, 0.25) is 0 Å².